The van der Waals surface area contributed by atoms with E-state index in [2.05, 4.69) is 0 Å². The predicted octanol–water partition coefficient (Wildman–Crippen LogP) is 2.10. The SMILES string of the molecule is C[C@@H]1OC=C[C@@H](NC(=O)C(F)(F)F)[C@H]1OC(=O)c1ccc([N+](=O)[O-])cc1. The van der Waals surface area contributed by atoms with Crippen LogP contribution in [-0.2, 0) is 14.3 Å². The number of rotatable bonds is 4. The zero-order valence-corrected chi connectivity index (χ0v) is 13.2. The Morgan fingerprint density at radius 3 is 2.42 bits per heavy atom. The lowest BCUT2D eigenvalue weighted by atomic mass is 10.0. The zero-order valence-electron chi connectivity index (χ0n) is 13.2. The van der Waals surface area contributed by atoms with E-state index in [1.807, 2.05) is 0 Å². The van der Waals surface area contributed by atoms with Gasteiger partial charge in [-0.15, -0.1) is 0 Å². The van der Waals surface area contributed by atoms with Crippen molar-refractivity contribution in [1.82, 2.24) is 5.32 Å². The molecule has 1 aromatic rings. The van der Waals surface area contributed by atoms with Crippen LogP contribution in [-0.4, -0.2) is 41.2 Å². The molecule has 26 heavy (non-hydrogen) atoms. The first-order valence-electron chi connectivity index (χ1n) is 7.25. The third-order valence-electron chi connectivity index (χ3n) is 3.51. The van der Waals surface area contributed by atoms with Crippen LogP contribution in [0.2, 0.25) is 0 Å². The molecule has 0 aliphatic carbocycles. The minimum atomic E-state index is -5.09. The van der Waals surface area contributed by atoms with Crippen molar-refractivity contribution in [1.29, 1.82) is 0 Å². The van der Waals surface area contributed by atoms with E-state index in [0.29, 0.717) is 0 Å². The number of esters is 1. The fourth-order valence-electron chi connectivity index (χ4n) is 2.18. The highest BCUT2D eigenvalue weighted by Gasteiger charge is 2.43. The molecule has 140 valence electrons. The normalized spacial score (nSPS) is 22.2. The molecule has 0 saturated carbocycles. The number of hydrogen-bond donors (Lipinski definition) is 1. The van der Waals surface area contributed by atoms with Gasteiger partial charge in [0.2, 0.25) is 0 Å². The van der Waals surface area contributed by atoms with Crippen molar-refractivity contribution in [2.45, 2.75) is 31.3 Å². The van der Waals surface area contributed by atoms with Crippen LogP contribution in [0.5, 0.6) is 0 Å². The number of non-ortho nitro benzene ring substituents is 1. The number of nitro benzene ring substituents is 1. The van der Waals surface area contributed by atoms with E-state index in [0.717, 1.165) is 36.6 Å². The molecule has 2 rings (SSSR count). The third kappa shape index (κ3) is 4.49. The van der Waals surface area contributed by atoms with Crippen LogP contribution in [0.4, 0.5) is 18.9 Å². The predicted molar refractivity (Wildman–Crippen MR) is 80.0 cm³/mol. The van der Waals surface area contributed by atoms with Crippen molar-refractivity contribution in [2.75, 3.05) is 0 Å². The molecule has 0 saturated heterocycles. The number of alkyl halides is 3. The Labute approximate surface area is 144 Å². The number of nitro groups is 1. The second-order valence-corrected chi connectivity index (χ2v) is 5.34. The van der Waals surface area contributed by atoms with Gasteiger partial charge in [-0.05, 0) is 25.1 Å². The summed E-state index contributed by atoms with van der Waals surface area (Å²) in [4.78, 5) is 33.2. The van der Waals surface area contributed by atoms with E-state index in [-0.39, 0.29) is 11.3 Å². The first-order chi connectivity index (χ1) is 12.1. The van der Waals surface area contributed by atoms with Crippen LogP contribution >= 0.6 is 0 Å². The average Bonchev–Trinajstić information content (AvgIpc) is 2.57. The van der Waals surface area contributed by atoms with Gasteiger partial charge in [0.05, 0.1) is 22.8 Å². The minimum absolute atomic E-state index is 0.0433. The first-order valence-corrected chi connectivity index (χ1v) is 7.25. The molecule has 0 radical (unpaired) electrons. The third-order valence-corrected chi connectivity index (χ3v) is 3.51. The van der Waals surface area contributed by atoms with Gasteiger partial charge in [-0.25, -0.2) is 4.79 Å². The molecule has 3 atom stereocenters. The number of hydrogen-bond acceptors (Lipinski definition) is 6. The molecule has 0 unspecified atom stereocenters. The van der Waals surface area contributed by atoms with E-state index in [4.69, 9.17) is 9.47 Å². The smallest absolute Gasteiger partial charge is 0.471 e. The highest BCUT2D eigenvalue weighted by atomic mass is 19.4. The molecule has 0 bridgehead atoms. The summed E-state index contributed by atoms with van der Waals surface area (Å²) >= 11 is 0. The second kappa shape index (κ2) is 7.42. The molecule has 1 amide bonds. The Morgan fingerprint density at radius 1 is 1.27 bits per heavy atom. The summed E-state index contributed by atoms with van der Waals surface area (Å²) in [5.41, 5.74) is -0.285. The summed E-state index contributed by atoms with van der Waals surface area (Å²) in [7, 11) is 0. The molecular weight excluding hydrogens is 361 g/mol. The zero-order chi connectivity index (χ0) is 19.5. The summed E-state index contributed by atoms with van der Waals surface area (Å²) in [5, 5.41) is 12.3. The number of benzene rings is 1. The van der Waals surface area contributed by atoms with Crippen LogP contribution in [0, 0.1) is 10.1 Å². The fraction of sp³-hybridized carbons (Fsp3) is 0.333. The quantitative estimate of drug-likeness (QED) is 0.491. The molecule has 0 fully saturated rings. The maximum absolute atomic E-state index is 12.4. The molecule has 1 aromatic carbocycles. The number of nitrogens with one attached hydrogen (secondary N) is 1. The Hall–Kier alpha value is -3.11. The number of nitrogens with zero attached hydrogens (tertiary/aromatic N) is 1. The Balaban J connectivity index is 2.13. The second-order valence-electron chi connectivity index (χ2n) is 5.34. The van der Waals surface area contributed by atoms with Crippen molar-refractivity contribution in [2.24, 2.45) is 0 Å². The fourth-order valence-corrected chi connectivity index (χ4v) is 2.18. The van der Waals surface area contributed by atoms with Crippen LogP contribution < -0.4 is 5.32 Å². The van der Waals surface area contributed by atoms with Gasteiger partial charge in [0.15, 0.2) is 6.10 Å². The van der Waals surface area contributed by atoms with Gasteiger partial charge in [0, 0.05) is 12.1 Å². The highest BCUT2D eigenvalue weighted by molar-refractivity contribution is 5.90. The van der Waals surface area contributed by atoms with Gasteiger partial charge in [-0.1, -0.05) is 0 Å². The number of carbonyl (C=O) groups excluding carboxylic acids is 2. The molecule has 0 spiro atoms. The Morgan fingerprint density at radius 2 is 1.88 bits per heavy atom. The number of carbonyl (C=O) groups is 2. The lowest BCUT2D eigenvalue weighted by Crippen LogP contribution is -2.53. The number of ether oxygens (including phenoxy) is 2. The van der Waals surface area contributed by atoms with Gasteiger partial charge in [0.1, 0.15) is 6.10 Å². The van der Waals surface area contributed by atoms with E-state index in [9.17, 15) is 32.9 Å². The van der Waals surface area contributed by atoms with E-state index >= 15 is 0 Å². The highest BCUT2D eigenvalue weighted by Crippen LogP contribution is 2.21. The van der Waals surface area contributed by atoms with Crippen molar-refractivity contribution in [3.05, 3.63) is 52.3 Å². The largest absolute Gasteiger partial charge is 0.495 e. The topological polar surface area (TPSA) is 108 Å². The van der Waals surface area contributed by atoms with Crippen molar-refractivity contribution in [3.8, 4) is 0 Å². The summed E-state index contributed by atoms with van der Waals surface area (Å²) < 4.78 is 47.5. The minimum Gasteiger partial charge on any atom is -0.495 e. The molecular formula is C15H13F3N2O6. The first kappa shape index (κ1) is 19.2. The summed E-state index contributed by atoms with van der Waals surface area (Å²) in [6.45, 7) is 1.45. The standard InChI is InChI=1S/C15H13F3N2O6/c1-8-12(11(6-7-25-8)19-14(22)15(16,17)18)26-13(21)9-2-4-10(5-3-9)20(23)24/h2-8,11-12H,1H3,(H,19,22)/t8-,11+,12-/m0/s1. The lowest BCUT2D eigenvalue weighted by Gasteiger charge is -2.33. The Bertz CT molecular complexity index is 732. The summed E-state index contributed by atoms with van der Waals surface area (Å²) in [6, 6.07) is 3.21. The monoisotopic (exact) mass is 374 g/mol. The van der Waals surface area contributed by atoms with Gasteiger partial charge in [0.25, 0.3) is 5.69 Å². The van der Waals surface area contributed by atoms with Gasteiger partial charge in [-0.2, -0.15) is 13.2 Å². The van der Waals surface area contributed by atoms with Crippen molar-refractivity contribution in [3.63, 3.8) is 0 Å². The number of halogens is 3. The molecule has 11 heteroatoms. The molecule has 0 aromatic heterocycles. The van der Waals surface area contributed by atoms with Crippen molar-refractivity contribution >= 4 is 17.6 Å². The summed E-state index contributed by atoms with van der Waals surface area (Å²) in [6.07, 6.45) is -4.93. The van der Waals surface area contributed by atoms with E-state index < -0.39 is 41.2 Å². The van der Waals surface area contributed by atoms with Gasteiger partial charge < -0.3 is 14.8 Å². The van der Waals surface area contributed by atoms with E-state index in [1.165, 1.54) is 6.92 Å². The van der Waals surface area contributed by atoms with Crippen LogP contribution in [0.15, 0.2) is 36.6 Å². The van der Waals surface area contributed by atoms with E-state index in [1.54, 1.807) is 5.32 Å². The van der Waals surface area contributed by atoms with Gasteiger partial charge >= 0.3 is 18.1 Å². The maximum atomic E-state index is 12.4. The molecule has 8 nitrogen and oxygen atoms in total. The van der Waals surface area contributed by atoms with Crippen LogP contribution in [0.1, 0.15) is 17.3 Å². The summed E-state index contributed by atoms with van der Waals surface area (Å²) in [5.74, 6) is -3.11. The van der Waals surface area contributed by atoms with Gasteiger partial charge in [-0.3, -0.25) is 14.9 Å². The Kier molecular flexibility index (Phi) is 5.48. The molecule has 1 aliphatic heterocycles. The molecule has 1 N–H and O–H groups in total. The molecule has 1 aliphatic rings. The maximum Gasteiger partial charge on any atom is 0.471 e. The van der Waals surface area contributed by atoms with Crippen LogP contribution in [0.25, 0.3) is 0 Å². The lowest BCUT2D eigenvalue weighted by molar-refractivity contribution is -0.384. The average molecular weight is 374 g/mol. The molecule has 1 heterocycles. The number of amides is 1. The van der Waals surface area contributed by atoms with Crippen molar-refractivity contribution < 1.29 is 37.2 Å². The van der Waals surface area contributed by atoms with Crippen LogP contribution in [0.3, 0.4) is 0 Å².